The van der Waals surface area contributed by atoms with Crippen molar-refractivity contribution in [1.82, 2.24) is 9.88 Å². The highest BCUT2D eigenvalue weighted by Crippen LogP contribution is 2.14. The molecule has 0 radical (unpaired) electrons. The summed E-state index contributed by atoms with van der Waals surface area (Å²) in [5.74, 6) is 0.190. The minimum atomic E-state index is -0.350. The van der Waals surface area contributed by atoms with Crippen molar-refractivity contribution in [2.24, 2.45) is 0 Å². The van der Waals surface area contributed by atoms with Crippen molar-refractivity contribution in [3.63, 3.8) is 0 Å². The fourth-order valence-corrected chi connectivity index (χ4v) is 3.06. The number of ether oxygens (including phenoxy) is 1. The van der Waals surface area contributed by atoms with E-state index in [0.29, 0.717) is 11.4 Å². The highest BCUT2D eigenvalue weighted by atomic mass is 16.5. The van der Waals surface area contributed by atoms with Crippen LogP contribution in [0.15, 0.2) is 42.6 Å². The van der Waals surface area contributed by atoms with Crippen LogP contribution in [0.1, 0.15) is 48.2 Å². The molecule has 1 aliphatic rings. The number of nitrogens with one attached hydrogen (secondary N) is 1. The lowest BCUT2D eigenvalue weighted by Gasteiger charge is -2.14. The van der Waals surface area contributed by atoms with Gasteiger partial charge in [-0.05, 0) is 64.4 Å². The monoisotopic (exact) mass is 369 g/mol. The van der Waals surface area contributed by atoms with Crippen LogP contribution in [0.3, 0.4) is 0 Å². The molecule has 1 N–H and O–H groups in total. The number of rotatable bonds is 5. The molecule has 146 valence electrons. The number of anilines is 1. The molecule has 1 aliphatic heterocycles. The van der Waals surface area contributed by atoms with Crippen LogP contribution in [0.4, 0.5) is 5.82 Å². The van der Waals surface area contributed by atoms with Crippen molar-refractivity contribution in [1.29, 1.82) is 0 Å². The molecule has 5 heteroatoms. The molecule has 5 nitrogen and oxygen atoms in total. The molecule has 0 bridgehead atoms. The van der Waals surface area contributed by atoms with E-state index in [1.54, 1.807) is 25.4 Å². The topological polar surface area (TPSA) is 54.5 Å². The van der Waals surface area contributed by atoms with E-state index in [4.69, 9.17) is 4.74 Å². The number of hydrogen-bond acceptors (Lipinski definition) is 5. The summed E-state index contributed by atoms with van der Waals surface area (Å²) in [5, 5.41) is 2.84. The summed E-state index contributed by atoms with van der Waals surface area (Å²) in [6.07, 6.45) is 4.27. The van der Waals surface area contributed by atoms with Crippen molar-refractivity contribution in [2.45, 2.75) is 46.3 Å². The standard InChI is InChI=1S/C12H17N.C10H14N2O2/c1-11-5-4-6-12(9-11)10-13-7-2-3-8-13;1-7(2)14-10(13)8-5-4-6-12-9(8)11-3/h4-6,9H,2-3,7-8,10H2,1H3;4-7H,1-3H3,(H,11,12). The van der Waals surface area contributed by atoms with E-state index >= 15 is 0 Å². The predicted octanol–water partition coefficient (Wildman–Crippen LogP) is 4.28. The Morgan fingerprint density at radius 1 is 1.22 bits per heavy atom. The number of likely N-dealkylation sites (tertiary alicyclic amines) is 1. The molecule has 0 saturated carbocycles. The second-order valence-corrected chi connectivity index (χ2v) is 7.08. The van der Waals surface area contributed by atoms with Gasteiger partial charge in [-0.3, -0.25) is 4.90 Å². The Morgan fingerprint density at radius 2 is 1.96 bits per heavy atom. The molecule has 1 aromatic heterocycles. The van der Waals surface area contributed by atoms with Gasteiger partial charge in [-0.1, -0.05) is 29.8 Å². The van der Waals surface area contributed by atoms with Gasteiger partial charge < -0.3 is 10.1 Å². The molecule has 0 aliphatic carbocycles. The number of hydrogen-bond donors (Lipinski definition) is 1. The number of carbonyl (C=O) groups excluding carboxylic acids is 1. The van der Waals surface area contributed by atoms with E-state index in [1.165, 1.54) is 37.1 Å². The largest absolute Gasteiger partial charge is 0.459 e. The summed E-state index contributed by atoms with van der Waals surface area (Å²) < 4.78 is 5.06. The molecule has 2 heterocycles. The average molecular weight is 370 g/mol. The first-order valence-corrected chi connectivity index (χ1v) is 9.61. The third-order valence-electron chi connectivity index (χ3n) is 4.29. The quantitative estimate of drug-likeness (QED) is 0.797. The van der Waals surface area contributed by atoms with Gasteiger partial charge in [0.25, 0.3) is 0 Å². The van der Waals surface area contributed by atoms with Crippen molar-refractivity contribution in [3.8, 4) is 0 Å². The normalized spacial score (nSPS) is 13.8. The molecule has 1 aromatic carbocycles. The smallest absolute Gasteiger partial charge is 0.342 e. The van der Waals surface area contributed by atoms with Gasteiger partial charge in [0.05, 0.1) is 6.10 Å². The summed E-state index contributed by atoms with van der Waals surface area (Å²) in [6.45, 7) is 9.50. The Labute approximate surface area is 162 Å². The molecule has 1 fully saturated rings. The number of aromatic nitrogens is 1. The van der Waals surface area contributed by atoms with Gasteiger partial charge in [-0.25, -0.2) is 9.78 Å². The van der Waals surface area contributed by atoms with Crippen LogP contribution < -0.4 is 5.32 Å². The highest BCUT2D eigenvalue weighted by molar-refractivity contribution is 5.94. The van der Waals surface area contributed by atoms with Crippen molar-refractivity contribution in [3.05, 3.63) is 59.3 Å². The summed E-state index contributed by atoms with van der Waals surface area (Å²) in [7, 11) is 1.72. The SMILES string of the molecule is CNc1ncccc1C(=O)OC(C)C.Cc1cccc(CN2CCCC2)c1. The zero-order chi connectivity index (χ0) is 19.6. The van der Waals surface area contributed by atoms with Crippen LogP contribution in [0.2, 0.25) is 0 Å². The molecular formula is C22H31N3O2. The number of esters is 1. The first-order valence-electron chi connectivity index (χ1n) is 9.61. The van der Waals surface area contributed by atoms with Crippen LogP contribution in [-0.4, -0.2) is 42.1 Å². The summed E-state index contributed by atoms with van der Waals surface area (Å²) in [6, 6.07) is 12.2. The van der Waals surface area contributed by atoms with Gasteiger partial charge in [0, 0.05) is 19.8 Å². The van der Waals surface area contributed by atoms with Gasteiger partial charge in [0.1, 0.15) is 11.4 Å². The number of pyridine rings is 1. The molecule has 0 unspecified atom stereocenters. The first-order chi connectivity index (χ1) is 13.0. The molecular weight excluding hydrogens is 338 g/mol. The zero-order valence-corrected chi connectivity index (χ0v) is 16.9. The van der Waals surface area contributed by atoms with E-state index < -0.39 is 0 Å². The number of carbonyl (C=O) groups is 1. The Kier molecular flexibility index (Phi) is 8.27. The second kappa shape index (κ2) is 10.7. The lowest BCUT2D eigenvalue weighted by atomic mass is 10.1. The number of nitrogens with zero attached hydrogens (tertiary/aromatic N) is 2. The lowest BCUT2D eigenvalue weighted by molar-refractivity contribution is 0.0378. The Balaban J connectivity index is 0.000000194. The van der Waals surface area contributed by atoms with Crippen molar-refractivity contribution in [2.75, 3.05) is 25.5 Å². The third-order valence-corrected chi connectivity index (χ3v) is 4.29. The summed E-state index contributed by atoms with van der Waals surface area (Å²) in [5.41, 5.74) is 3.29. The fraction of sp³-hybridized carbons (Fsp3) is 0.455. The molecule has 3 rings (SSSR count). The minimum absolute atomic E-state index is 0.118. The van der Waals surface area contributed by atoms with Crippen LogP contribution in [-0.2, 0) is 11.3 Å². The van der Waals surface area contributed by atoms with E-state index in [9.17, 15) is 4.79 Å². The molecule has 0 amide bonds. The molecule has 27 heavy (non-hydrogen) atoms. The van der Waals surface area contributed by atoms with Crippen LogP contribution in [0.25, 0.3) is 0 Å². The average Bonchev–Trinajstić information content (AvgIpc) is 3.14. The summed E-state index contributed by atoms with van der Waals surface area (Å²) in [4.78, 5) is 18.1. The maximum atomic E-state index is 11.5. The van der Waals surface area contributed by atoms with Crippen LogP contribution >= 0.6 is 0 Å². The second-order valence-electron chi connectivity index (χ2n) is 7.08. The number of aryl methyl sites for hydroxylation is 1. The minimum Gasteiger partial charge on any atom is -0.459 e. The molecule has 2 aromatic rings. The Morgan fingerprint density at radius 3 is 2.59 bits per heavy atom. The Bertz CT molecular complexity index is 725. The maximum absolute atomic E-state index is 11.5. The lowest BCUT2D eigenvalue weighted by Crippen LogP contribution is -2.18. The number of benzene rings is 1. The van der Waals surface area contributed by atoms with E-state index in [0.717, 1.165) is 6.54 Å². The van der Waals surface area contributed by atoms with Gasteiger partial charge in [-0.15, -0.1) is 0 Å². The van der Waals surface area contributed by atoms with Gasteiger partial charge in [0.2, 0.25) is 0 Å². The maximum Gasteiger partial charge on any atom is 0.342 e. The van der Waals surface area contributed by atoms with Crippen molar-refractivity contribution < 1.29 is 9.53 Å². The predicted molar refractivity (Wildman–Crippen MR) is 110 cm³/mol. The van der Waals surface area contributed by atoms with Gasteiger partial charge >= 0.3 is 5.97 Å². The van der Waals surface area contributed by atoms with E-state index in [2.05, 4.69) is 46.4 Å². The van der Waals surface area contributed by atoms with Gasteiger partial charge in [0.15, 0.2) is 0 Å². The Hall–Kier alpha value is -2.40. The van der Waals surface area contributed by atoms with Crippen LogP contribution in [0, 0.1) is 6.92 Å². The molecule has 0 spiro atoms. The third kappa shape index (κ3) is 7.02. The van der Waals surface area contributed by atoms with Crippen molar-refractivity contribution >= 4 is 11.8 Å². The molecule has 1 saturated heterocycles. The van der Waals surface area contributed by atoms with E-state index in [1.807, 2.05) is 13.8 Å². The first kappa shape index (κ1) is 20.9. The summed E-state index contributed by atoms with van der Waals surface area (Å²) >= 11 is 0. The molecule has 0 atom stereocenters. The highest BCUT2D eigenvalue weighted by Gasteiger charge is 2.13. The zero-order valence-electron chi connectivity index (χ0n) is 16.9. The van der Waals surface area contributed by atoms with E-state index in [-0.39, 0.29) is 12.1 Å². The van der Waals surface area contributed by atoms with Crippen LogP contribution in [0.5, 0.6) is 0 Å². The fourth-order valence-electron chi connectivity index (χ4n) is 3.06. The van der Waals surface area contributed by atoms with Gasteiger partial charge in [-0.2, -0.15) is 0 Å².